The summed E-state index contributed by atoms with van der Waals surface area (Å²) in [5.74, 6) is -2.50. The third kappa shape index (κ3) is 6.26. The van der Waals surface area contributed by atoms with Crippen molar-refractivity contribution < 1.29 is 23.6 Å². The molecule has 16 nitrogen and oxygen atoms in total. The quantitative estimate of drug-likeness (QED) is 0.132. The first-order valence-corrected chi connectivity index (χ1v) is 14.0. The van der Waals surface area contributed by atoms with Crippen LogP contribution in [0.1, 0.15) is 50.1 Å². The maximum absolute atomic E-state index is 13.4. The van der Waals surface area contributed by atoms with Crippen LogP contribution in [0.2, 0.25) is 0 Å². The maximum Gasteiger partial charge on any atom is 0.439 e. The topological polar surface area (TPSA) is 254 Å². The van der Waals surface area contributed by atoms with Gasteiger partial charge in [-0.1, -0.05) is 23.4 Å². The molecule has 3 aromatic heterocycles. The highest BCUT2D eigenvalue weighted by Gasteiger charge is 2.26. The molecule has 6 aromatic rings. The molecule has 0 unspecified atom stereocenters. The standard InChI is InChI=1S/C19H14N6O5.C11H10FN3O2.ClH/c26-17(13-8-14(18(27)28)25-15(21-13)5-6-20-25)22-12-4-2-9-7-10(1-3-11(9)12)16-23-19(29)30-24-16;12-6-2-1-5(4-13)3-7(6)15-9-8(14)10(16)11(9)17;/h1,3,5-8,12H,2,4H2,(H,22,26)(H,27,28)(H,23,24,29);1-3,15H,4,13-14H2;1H/t12-;;/m0../s1. The predicted octanol–water partition coefficient (Wildman–Crippen LogP) is 1.82. The van der Waals surface area contributed by atoms with Gasteiger partial charge in [0.25, 0.3) is 16.8 Å². The van der Waals surface area contributed by atoms with Crippen molar-refractivity contribution in [1.29, 1.82) is 0 Å². The van der Waals surface area contributed by atoms with E-state index in [9.17, 15) is 33.5 Å². The zero-order chi connectivity index (χ0) is 33.4. The highest BCUT2D eigenvalue weighted by molar-refractivity contribution is 5.96. The Morgan fingerprint density at radius 2 is 1.90 bits per heavy atom. The van der Waals surface area contributed by atoms with Gasteiger partial charge in [-0.15, -0.1) is 12.4 Å². The largest absolute Gasteiger partial charge is 0.477 e. The number of carboxylic acids is 1. The van der Waals surface area contributed by atoms with E-state index in [0.717, 1.165) is 17.5 Å². The van der Waals surface area contributed by atoms with Gasteiger partial charge >= 0.3 is 11.7 Å². The van der Waals surface area contributed by atoms with Crippen molar-refractivity contribution in [2.45, 2.75) is 25.4 Å². The molecule has 0 spiro atoms. The minimum atomic E-state index is -1.20. The number of hydrogen-bond acceptors (Lipinski definition) is 12. The van der Waals surface area contributed by atoms with Crippen molar-refractivity contribution in [2.24, 2.45) is 5.73 Å². The first-order chi connectivity index (χ1) is 22.5. The Balaban J connectivity index is 0.000000214. The lowest BCUT2D eigenvalue weighted by Gasteiger charge is -2.14. The molecular weight excluding hydrogens is 653 g/mol. The number of amides is 1. The number of H-pyrrole nitrogens is 1. The van der Waals surface area contributed by atoms with Gasteiger partial charge in [-0.05, 0) is 47.7 Å². The number of nitrogens with one attached hydrogen (secondary N) is 3. The normalized spacial score (nSPS) is 13.3. The molecule has 0 fully saturated rings. The SMILES string of the molecule is Cl.NCc1ccc(F)c(Nc2c(N)c(=O)c2=O)c1.O=C(N[C@H]1CCc2cc(-c3noc(=O)[nH]3)ccc21)c1cc(C(=O)O)n2nccc2n1. The van der Waals surface area contributed by atoms with E-state index in [2.05, 4.69) is 35.4 Å². The van der Waals surface area contributed by atoms with Crippen molar-refractivity contribution in [3.05, 3.63) is 120 Å². The molecule has 1 atom stereocenters. The fourth-order valence-corrected chi connectivity index (χ4v) is 5.15. The Hall–Kier alpha value is -6.20. The van der Waals surface area contributed by atoms with Gasteiger partial charge in [-0.25, -0.2) is 23.5 Å². The smallest absolute Gasteiger partial charge is 0.439 e. The Bertz CT molecular complexity index is 2320. The van der Waals surface area contributed by atoms with Crippen molar-refractivity contribution in [3.8, 4) is 11.4 Å². The van der Waals surface area contributed by atoms with Gasteiger partial charge in [0.15, 0.2) is 17.2 Å². The van der Waals surface area contributed by atoms with Crippen molar-refractivity contribution in [3.63, 3.8) is 0 Å². The van der Waals surface area contributed by atoms with E-state index in [1.807, 2.05) is 12.1 Å². The Morgan fingerprint density at radius 1 is 1.10 bits per heavy atom. The lowest BCUT2D eigenvalue weighted by molar-refractivity contribution is 0.0687. The second-order valence-corrected chi connectivity index (χ2v) is 10.4. The summed E-state index contributed by atoms with van der Waals surface area (Å²) in [4.78, 5) is 64.2. The molecule has 48 heavy (non-hydrogen) atoms. The zero-order valence-electron chi connectivity index (χ0n) is 24.5. The number of carbonyl (C=O) groups excluding carboxylic acids is 1. The number of nitrogens with zero attached hydrogens (tertiary/aromatic N) is 4. The molecule has 1 amide bonds. The summed E-state index contributed by atoms with van der Waals surface area (Å²) in [6.45, 7) is 0.246. The third-order valence-corrected chi connectivity index (χ3v) is 7.52. The average molecular weight is 678 g/mol. The average Bonchev–Trinajstić information content (AvgIpc) is 3.83. The van der Waals surface area contributed by atoms with Crippen LogP contribution in [0, 0.1) is 5.82 Å². The van der Waals surface area contributed by atoms with E-state index in [1.54, 1.807) is 6.07 Å². The minimum absolute atomic E-state index is 0. The molecule has 1 aliphatic carbocycles. The number of aryl methyl sites for hydroxylation is 1. The number of benzene rings is 2. The Labute approximate surface area is 273 Å². The van der Waals surface area contributed by atoms with Crippen LogP contribution in [0.3, 0.4) is 0 Å². The first-order valence-electron chi connectivity index (χ1n) is 14.0. The number of carbonyl (C=O) groups is 2. The lowest BCUT2D eigenvalue weighted by atomic mass is 10.0. The monoisotopic (exact) mass is 677 g/mol. The molecule has 0 saturated heterocycles. The van der Waals surface area contributed by atoms with Crippen LogP contribution < -0.4 is 38.7 Å². The second-order valence-electron chi connectivity index (χ2n) is 10.4. The van der Waals surface area contributed by atoms with Crippen LogP contribution >= 0.6 is 12.4 Å². The molecule has 246 valence electrons. The van der Waals surface area contributed by atoms with E-state index in [-0.39, 0.29) is 59.1 Å². The molecule has 3 heterocycles. The summed E-state index contributed by atoms with van der Waals surface area (Å²) in [5, 5.41) is 22.4. The number of aromatic amines is 1. The fourth-order valence-electron chi connectivity index (χ4n) is 5.15. The van der Waals surface area contributed by atoms with Crippen LogP contribution in [-0.4, -0.2) is 41.7 Å². The summed E-state index contributed by atoms with van der Waals surface area (Å²) in [6, 6.07) is 12.3. The van der Waals surface area contributed by atoms with Crippen LogP contribution in [0.25, 0.3) is 17.0 Å². The summed E-state index contributed by atoms with van der Waals surface area (Å²) in [6.07, 6.45) is 2.83. The number of halogens is 2. The number of rotatable bonds is 7. The van der Waals surface area contributed by atoms with E-state index in [1.165, 1.54) is 41.0 Å². The Kier molecular flexibility index (Phi) is 9.17. The number of nitrogen functional groups attached to an aromatic ring is 1. The van der Waals surface area contributed by atoms with E-state index < -0.39 is 34.3 Å². The van der Waals surface area contributed by atoms with Crippen molar-refractivity contribution in [2.75, 3.05) is 11.1 Å². The van der Waals surface area contributed by atoms with Gasteiger partial charge in [0.2, 0.25) is 0 Å². The van der Waals surface area contributed by atoms with Gasteiger partial charge in [0.05, 0.1) is 17.9 Å². The van der Waals surface area contributed by atoms with Gasteiger partial charge in [0, 0.05) is 24.2 Å². The fraction of sp³-hybridized carbons (Fsp3) is 0.133. The van der Waals surface area contributed by atoms with Gasteiger partial charge in [0.1, 0.15) is 22.9 Å². The highest BCUT2D eigenvalue weighted by atomic mass is 35.5. The predicted molar refractivity (Wildman–Crippen MR) is 172 cm³/mol. The molecule has 7 rings (SSSR count). The second kappa shape index (κ2) is 13.3. The molecule has 18 heteroatoms. The summed E-state index contributed by atoms with van der Waals surface area (Å²) in [7, 11) is 0. The molecule has 0 radical (unpaired) electrons. The molecular formula is C30H25ClFN9O7. The number of aromatic carboxylic acids is 1. The van der Waals surface area contributed by atoms with E-state index >= 15 is 0 Å². The third-order valence-electron chi connectivity index (χ3n) is 7.52. The number of hydrogen-bond donors (Lipinski definition) is 6. The number of carboxylic acid groups (broad SMARTS) is 1. The van der Waals surface area contributed by atoms with Crippen LogP contribution in [0.5, 0.6) is 0 Å². The van der Waals surface area contributed by atoms with E-state index in [0.29, 0.717) is 23.4 Å². The molecule has 0 bridgehead atoms. The molecule has 3 aromatic carbocycles. The number of aromatic nitrogens is 5. The minimum Gasteiger partial charge on any atom is -0.477 e. The van der Waals surface area contributed by atoms with Crippen molar-refractivity contribution in [1.82, 2.24) is 30.1 Å². The lowest BCUT2D eigenvalue weighted by Crippen LogP contribution is -2.36. The molecule has 8 N–H and O–H groups in total. The molecule has 0 saturated carbocycles. The maximum atomic E-state index is 13.4. The molecule has 1 aliphatic rings. The number of nitrogens with two attached hydrogens (primary N) is 2. The zero-order valence-corrected chi connectivity index (χ0v) is 25.3. The highest BCUT2D eigenvalue weighted by Crippen LogP contribution is 2.33. The van der Waals surface area contributed by atoms with Crippen LogP contribution in [0.4, 0.5) is 21.5 Å². The van der Waals surface area contributed by atoms with E-state index in [4.69, 9.17) is 11.5 Å². The summed E-state index contributed by atoms with van der Waals surface area (Å²) >= 11 is 0. The summed E-state index contributed by atoms with van der Waals surface area (Å²) in [5.41, 5.74) is 12.6. The summed E-state index contributed by atoms with van der Waals surface area (Å²) < 4.78 is 19.1. The molecule has 0 aliphatic heterocycles. The van der Waals surface area contributed by atoms with Crippen LogP contribution in [-0.2, 0) is 13.0 Å². The number of anilines is 3. The number of fused-ring (bicyclic) bond motifs is 2. The van der Waals surface area contributed by atoms with Gasteiger partial charge in [-0.3, -0.25) is 23.9 Å². The Morgan fingerprint density at radius 3 is 2.58 bits per heavy atom. The van der Waals surface area contributed by atoms with Gasteiger partial charge in [-0.2, -0.15) is 5.10 Å². The van der Waals surface area contributed by atoms with Gasteiger partial charge < -0.3 is 27.2 Å². The van der Waals surface area contributed by atoms with Crippen molar-refractivity contribution >= 4 is 47.0 Å². The first kappa shape index (κ1) is 33.2. The van der Waals surface area contributed by atoms with Crippen LogP contribution in [0.15, 0.2) is 73.6 Å².